The third-order valence-corrected chi connectivity index (χ3v) is 8.53. The quantitative estimate of drug-likeness (QED) is 0.106. The van der Waals surface area contributed by atoms with Crippen molar-refractivity contribution in [3.8, 4) is 0 Å². The van der Waals surface area contributed by atoms with Crippen molar-refractivity contribution in [3.63, 3.8) is 0 Å². The summed E-state index contributed by atoms with van der Waals surface area (Å²) >= 11 is 0. The zero-order chi connectivity index (χ0) is 26.6. The number of rotatable bonds is 22. The van der Waals surface area contributed by atoms with Crippen molar-refractivity contribution in [2.75, 3.05) is 6.61 Å². The van der Waals surface area contributed by atoms with E-state index in [1.165, 1.54) is 115 Å². The molecule has 0 N–H and O–H groups in total. The minimum atomic E-state index is 0.303. The van der Waals surface area contributed by atoms with Gasteiger partial charge in [0.15, 0.2) is 0 Å². The summed E-state index contributed by atoms with van der Waals surface area (Å²) in [5, 5.41) is 0. The minimum absolute atomic E-state index is 0.303. The number of unbranched alkanes of at least 4 members (excludes halogenated alkanes) is 7. The minimum Gasteiger partial charge on any atom is -0.373 e. The molecule has 0 spiro atoms. The molecular weight excluding hydrogens is 436 g/mol. The van der Waals surface area contributed by atoms with E-state index in [0.717, 1.165) is 18.4 Å². The van der Waals surface area contributed by atoms with Crippen LogP contribution < -0.4 is 0 Å². The Morgan fingerprint density at radius 3 is 2.19 bits per heavy atom. The fourth-order valence-corrected chi connectivity index (χ4v) is 5.52. The number of allylic oxidation sites excluding steroid dienone is 4. The van der Waals surface area contributed by atoms with Crippen molar-refractivity contribution in [2.45, 2.75) is 164 Å². The molecule has 4 atom stereocenters. The number of hydrogen-bond acceptors (Lipinski definition) is 1. The number of ether oxygens (including phenoxy) is 1. The van der Waals surface area contributed by atoms with Gasteiger partial charge in [0.25, 0.3) is 0 Å². The van der Waals surface area contributed by atoms with Gasteiger partial charge in [-0.05, 0) is 69.8 Å². The van der Waals surface area contributed by atoms with Gasteiger partial charge in [-0.25, -0.2) is 0 Å². The van der Waals surface area contributed by atoms with Gasteiger partial charge in [0, 0.05) is 12.5 Å². The molecule has 0 aromatic heterocycles. The molecule has 0 saturated heterocycles. The summed E-state index contributed by atoms with van der Waals surface area (Å²) in [5.41, 5.74) is 4.62. The van der Waals surface area contributed by atoms with Crippen molar-refractivity contribution in [1.82, 2.24) is 0 Å². The van der Waals surface area contributed by atoms with Crippen LogP contribution >= 0.6 is 0 Å². The van der Waals surface area contributed by atoms with Gasteiger partial charge in [-0.1, -0.05) is 135 Å². The average molecular weight is 501 g/mol. The van der Waals surface area contributed by atoms with Crippen molar-refractivity contribution >= 4 is 0 Å². The third kappa shape index (κ3) is 15.4. The lowest BCUT2D eigenvalue weighted by atomic mass is 9.83. The highest BCUT2D eigenvalue weighted by Crippen LogP contribution is 2.32. The predicted molar refractivity (Wildman–Crippen MR) is 163 cm³/mol. The molecule has 0 aromatic carbocycles. The van der Waals surface area contributed by atoms with Crippen LogP contribution in [0.4, 0.5) is 0 Å². The van der Waals surface area contributed by atoms with Crippen LogP contribution in [-0.2, 0) is 4.74 Å². The molecule has 0 amide bonds. The molecule has 1 nitrogen and oxygen atoms in total. The fraction of sp³-hybridized carbons (Fsp3) is 0.829. The van der Waals surface area contributed by atoms with Crippen molar-refractivity contribution < 1.29 is 4.74 Å². The maximum absolute atomic E-state index is 6.50. The van der Waals surface area contributed by atoms with Crippen LogP contribution in [0.5, 0.6) is 0 Å². The maximum Gasteiger partial charge on any atom is 0.0850 e. The topological polar surface area (TPSA) is 9.23 Å². The first-order valence-electron chi connectivity index (χ1n) is 16.0. The molecule has 4 unspecified atom stereocenters. The molecule has 0 aliphatic heterocycles. The van der Waals surface area contributed by atoms with Crippen LogP contribution in [0.15, 0.2) is 34.9 Å². The largest absolute Gasteiger partial charge is 0.373 e. The first kappa shape index (κ1) is 33.2. The molecule has 1 aliphatic carbocycles. The van der Waals surface area contributed by atoms with Gasteiger partial charge in [-0.15, -0.1) is 0 Å². The Morgan fingerprint density at radius 1 is 0.833 bits per heavy atom. The summed E-state index contributed by atoms with van der Waals surface area (Å²) < 4.78 is 6.50. The van der Waals surface area contributed by atoms with E-state index in [2.05, 4.69) is 66.7 Å². The Balaban J connectivity index is 2.27. The lowest BCUT2D eigenvalue weighted by molar-refractivity contribution is 0.0453. The van der Waals surface area contributed by atoms with Crippen molar-refractivity contribution in [3.05, 3.63) is 34.9 Å². The second kappa shape index (κ2) is 21.2. The molecule has 1 rings (SSSR count). The van der Waals surface area contributed by atoms with Gasteiger partial charge in [-0.3, -0.25) is 0 Å². The van der Waals surface area contributed by atoms with Crippen molar-refractivity contribution in [2.24, 2.45) is 17.8 Å². The molecule has 0 heterocycles. The summed E-state index contributed by atoms with van der Waals surface area (Å²) in [6.45, 7) is 17.4. The first-order chi connectivity index (χ1) is 17.4. The maximum atomic E-state index is 6.50. The van der Waals surface area contributed by atoms with Crippen LogP contribution in [0, 0.1) is 17.8 Å². The lowest BCUT2D eigenvalue weighted by Gasteiger charge is -2.31. The molecule has 36 heavy (non-hydrogen) atoms. The van der Waals surface area contributed by atoms with E-state index < -0.39 is 0 Å². The number of hydrogen-bond donors (Lipinski definition) is 0. The highest BCUT2D eigenvalue weighted by molar-refractivity contribution is 5.29. The van der Waals surface area contributed by atoms with E-state index in [-0.39, 0.29) is 0 Å². The SMILES string of the molecule is CCCCC=C(C)CCCC(C)CCCC(C)CCC1=CC=C(C)C(C)C1OCCCCCCCC. The fourth-order valence-electron chi connectivity index (χ4n) is 5.52. The molecule has 0 fully saturated rings. The van der Waals surface area contributed by atoms with E-state index >= 15 is 0 Å². The summed E-state index contributed by atoms with van der Waals surface area (Å²) in [6, 6.07) is 0. The normalized spacial score (nSPS) is 20.2. The second-order valence-corrected chi connectivity index (χ2v) is 12.3. The standard InChI is InChI=1S/C35H64O/c1-8-10-12-13-14-16-28-36-35-33(7)32(6)25-27-34(35)26-24-31(5)23-18-22-30(4)21-17-20-29(3)19-15-11-9-2/h19,25,27,30-31,33,35H,8-18,20-24,26,28H2,1-7H3. The highest BCUT2D eigenvalue weighted by atomic mass is 16.5. The van der Waals surface area contributed by atoms with Gasteiger partial charge in [-0.2, -0.15) is 0 Å². The summed E-state index contributed by atoms with van der Waals surface area (Å²) in [7, 11) is 0. The molecular formula is C35H64O. The highest BCUT2D eigenvalue weighted by Gasteiger charge is 2.26. The average Bonchev–Trinajstić information content (AvgIpc) is 2.85. The van der Waals surface area contributed by atoms with E-state index in [1.54, 1.807) is 11.1 Å². The van der Waals surface area contributed by atoms with Crippen molar-refractivity contribution in [1.29, 1.82) is 0 Å². The zero-order valence-corrected chi connectivity index (χ0v) is 25.7. The molecule has 0 saturated carbocycles. The van der Waals surface area contributed by atoms with E-state index in [0.29, 0.717) is 12.0 Å². The van der Waals surface area contributed by atoms with Crippen LogP contribution in [0.25, 0.3) is 0 Å². The molecule has 210 valence electrons. The molecule has 0 aromatic rings. The van der Waals surface area contributed by atoms with Crippen LogP contribution in [-0.4, -0.2) is 12.7 Å². The molecule has 0 radical (unpaired) electrons. The first-order valence-corrected chi connectivity index (χ1v) is 16.0. The Labute approximate surface area is 227 Å². The molecule has 1 heteroatoms. The van der Waals surface area contributed by atoms with Crippen LogP contribution in [0.1, 0.15) is 158 Å². The zero-order valence-electron chi connectivity index (χ0n) is 25.7. The van der Waals surface area contributed by atoms with Crippen LogP contribution in [0.3, 0.4) is 0 Å². The smallest absolute Gasteiger partial charge is 0.0850 e. The van der Waals surface area contributed by atoms with Gasteiger partial charge >= 0.3 is 0 Å². The Hall–Kier alpha value is -0.820. The Bertz CT molecular complexity index is 625. The summed E-state index contributed by atoms with van der Waals surface area (Å²) in [6.07, 6.45) is 30.1. The molecule has 0 bridgehead atoms. The van der Waals surface area contributed by atoms with Gasteiger partial charge in [0.05, 0.1) is 6.10 Å². The monoisotopic (exact) mass is 500 g/mol. The second-order valence-electron chi connectivity index (χ2n) is 12.3. The van der Waals surface area contributed by atoms with Crippen LogP contribution in [0.2, 0.25) is 0 Å². The molecule has 1 aliphatic rings. The predicted octanol–water partition coefficient (Wildman–Crippen LogP) is 11.8. The lowest BCUT2D eigenvalue weighted by Crippen LogP contribution is -2.28. The van der Waals surface area contributed by atoms with E-state index in [9.17, 15) is 0 Å². The van der Waals surface area contributed by atoms with E-state index in [1.807, 2.05) is 0 Å². The third-order valence-electron chi connectivity index (χ3n) is 8.53. The van der Waals surface area contributed by atoms with E-state index in [4.69, 9.17) is 4.74 Å². The Kier molecular flexibility index (Phi) is 19.5. The summed E-state index contributed by atoms with van der Waals surface area (Å²) in [5.74, 6) is 2.20. The van der Waals surface area contributed by atoms with Gasteiger partial charge in [0.1, 0.15) is 0 Å². The van der Waals surface area contributed by atoms with Gasteiger partial charge in [0.2, 0.25) is 0 Å². The summed E-state index contributed by atoms with van der Waals surface area (Å²) in [4.78, 5) is 0. The Morgan fingerprint density at radius 2 is 1.47 bits per heavy atom. The van der Waals surface area contributed by atoms with Gasteiger partial charge < -0.3 is 4.74 Å².